The first-order valence-corrected chi connectivity index (χ1v) is 8.31. The molecule has 2 heterocycles. The van der Waals surface area contributed by atoms with E-state index >= 15 is 0 Å². The molecule has 0 aliphatic carbocycles. The van der Waals surface area contributed by atoms with Crippen molar-refractivity contribution in [2.75, 3.05) is 0 Å². The number of hydrogen-bond acceptors (Lipinski definition) is 4. The van der Waals surface area contributed by atoms with E-state index < -0.39 is 24.0 Å². The Morgan fingerprint density at radius 3 is 2.20 bits per heavy atom. The van der Waals surface area contributed by atoms with Crippen LogP contribution in [0.5, 0.6) is 0 Å². The standard InChI is InChI=1S/C18H23BFN3O2/c1-12-7-13(2)9-15(8-12)23-11-14(21-22-23)10-16(20)19-24-17(3,4)18(5,6)25-19/h7-11H,1-6H3. The van der Waals surface area contributed by atoms with E-state index in [1.165, 1.54) is 6.08 Å². The molecular weight excluding hydrogens is 320 g/mol. The minimum absolute atomic E-state index is 0.409. The van der Waals surface area contributed by atoms with Crippen LogP contribution in [0, 0.1) is 13.8 Å². The monoisotopic (exact) mass is 343 g/mol. The van der Waals surface area contributed by atoms with Gasteiger partial charge in [-0.2, -0.15) is 0 Å². The van der Waals surface area contributed by atoms with E-state index in [4.69, 9.17) is 9.31 Å². The van der Waals surface area contributed by atoms with E-state index in [9.17, 15) is 4.39 Å². The minimum Gasteiger partial charge on any atom is -0.398 e. The smallest absolute Gasteiger partial charge is 0.398 e. The molecule has 1 fully saturated rings. The van der Waals surface area contributed by atoms with Crippen molar-refractivity contribution in [1.82, 2.24) is 15.0 Å². The Balaban J connectivity index is 1.82. The first-order chi connectivity index (χ1) is 11.6. The Morgan fingerprint density at radius 2 is 1.64 bits per heavy atom. The maximum Gasteiger partial charge on any atom is 0.525 e. The average molecular weight is 343 g/mol. The Kier molecular flexibility index (Phi) is 4.33. The van der Waals surface area contributed by atoms with Gasteiger partial charge in [-0.25, -0.2) is 9.07 Å². The van der Waals surface area contributed by atoms with Gasteiger partial charge in [0.25, 0.3) is 0 Å². The predicted molar refractivity (Wildman–Crippen MR) is 96.0 cm³/mol. The lowest BCUT2D eigenvalue weighted by atomic mass is 9.87. The van der Waals surface area contributed by atoms with Gasteiger partial charge in [-0.1, -0.05) is 11.3 Å². The summed E-state index contributed by atoms with van der Waals surface area (Å²) in [6.07, 6.45) is 2.98. The number of rotatable bonds is 3. The molecule has 1 aliphatic rings. The first-order valence-electron chi connectivity index (χ1n) is 8.31. The second-order valence-corrected chi connectivity index (χ2v) is 7.55. The van der Waals surface area contributed by atoms with Crippen molar-refractivity contribution in [2.24, 2.45) is 0 Å². The molecule has 132 valence electrons. The van der Waals surface area contributed by atoms with Crippen LogP contribution < -0.4 is 0 Å². The van der Waals surface area contributed by atoms with Gasteiger partial charge in [-0.15, -0.1) is 5.10 Å². The highest BCUT2D eigenvalue weighted by Crippen LogP contribution is 2.38. The van der Waals surface area contributed by atoms with Crippen molar-refractivity contribution in [3.8, 4) is 5.69 Å². The van der Waals surface area contributed by atoms with Crippen LogP contribution in [0.15, 0.2) is 30.1 Å². The summed E-state index contributed by atoms with van der Waals surface area (Å²) < 4.78 is 27.6. The van der Waals surface area contributed by atoms with Crippen molar-refractivity contribution in [2.45, 2.75) is 52.7 Å². The molecule has 1 saturated heterocycles. The van der Waals surface area contributed by atoms with Crippen LogP contribution in [-0.4, -0.2) is 33.3 Å². The number of aromatic nitrogens is 3. The van der Waals surface area contributed by atoms with Gasteiger partial charge < -0.3 is 9.31 Å². The van der Waals surface area contributed by atoms with Crippen LogP contribution >= 0.6 is 0 Å². The maximum absolute atomic E-state index is 14.6. The molecule has 0 spiro atoms. The summed E-state index contributed by atoms with van der Waals surface area (Å²) in [6, 6.07) is 6.08. The molecule has 1 aromatic carbocycles. The van der Waals surface area contributed by atoms with Crippen LogP contribution in [0.25, 0.3) is 11.8 Å². The number of hydrogen-bond donors (Lipinski definition) is 0. The van der Waals surface area contributed by atoms with Gasteiger partial charge in [0.15, 0.2) is 0 Å². The lowest BCUT2D eigenvalue weighted by molar-refractivity contribution is 0.00578. The highest BCUT2D eigenvalue weighted by Gasteiger charge is 2.53. The van der Waals surface area contributed by atoms with E-state index in [1.54, 1.807) is 10.9 Å². The molecule has 0 bridgehead atoms. The van der Waals surface area contributed by atoms with Crippen LogP contribution in [0.3, 0.4) is 0 Å². The Bertz CT molecular complexity index is 793. The van der Waals surface area contributed by atoms with Gasteiger partial charge in [0.2, 0.25) is 0 Å². The van der Waals surface area contributed by atoms with Gasteiger partial charge in [0.1, 0.15) is 11.4 Å². The third kappa shape index (κ3) is 3.53. The fourth-order valence-electron chi connectivity index (χ4n) is 2.72. The number of benzene rings is 1. The van der Waals surface area contributed by atoms with Gasteiger partial charge in [0.05, 0.1) is 23.1 Å². The topological polar surface area (TPSA) is 49.2 Å². The van der Waals surface area contributed by atoms with Crippen LogP contribution in [0.2, 0.25) is 0 Å². The molecule has 0 radical (unpaired) electrons. The van der Waals surface area contributed by atoms with Crippen molar-refractivity contribution < 1.29 is 13.7 Å². The lowest BCUT2D eigenvalue weighted by Crippen LogP contribution is -2.41. The van der Waals surface area contributed by atoms with Crippen molar-refractivity contribution in [3.63, 3.8) is 0 Å². The molecule has 1 aromatic heterocycles. The molecule has 25 heavy (non-hydrogen) atoms. The zero-order chi connectivity index (χ0) is 18.4. The summed E-state index contributed by atoms with van der Waals surface area (Å²) in [7, 11) is -1.03. The third-order valence-corrected chi connectivity index (χ3v) is 4.75. The fourth-order valence-corrected chi connectivity index (χ4v) is 2.72. The van der Waals surface area contributed by atoms with E-state index in [-0.39, 0.29) is 0 Å². The zero-order valence-electron chi connectivity index (χ0n) is 15.5. The summed E-state index contributed by atoms with van der Waals surface area (Å²) >= 11 is 0. The highest BCUT2D eigenvalue weighted by atomic mass is 19.1. The normalized spacial score (nSPS) is 19.5. The molecular formula is C18H23BFN3O2. The van der Waals surface area contributed by atoms with E-state index in [0.29, 0.717) is 5.69 Å². The van der Waals surface area contributed by atoms with Crippen LogP contribution in [0.4, 0.5) is 4.39 Å². The maximum atomic E-state index is 14.6. The molecule has 0 unspecified atom stereocenters. The fraction of sp³-hybridized carbons (Fsp3) is 0.444. The molecule has 5 nitrogen and oxygen atoms in total. The van der Waals surface area contributed by atoms with Gasteiger partial charge in [-0.05, 0) is 70.9 Å². The Morgan fingerprint density at radius 1 is 1.08 bits per heavy atom. The summed E-state index contributed by atoms with van der Waals surface area (Å²) in [5, 5.41) is 8.10. The average Bonchev–Trinajstić information content (AvgIpc) is 3.01. The quantitative estimate of drug-likeness (QED) is 0.795. The van der Waals surface area contributed by atoms with E-state index in [0.717, 1.165) is 16.8 Å². The minimum atomic E-state index is -1.03. The van der Waals surface area contributed by atoms with Crippen molar-refractivity contribution in [3.05, 3.63) is 46.9 Å². The van der Waals surface area contributed by atoms with Crippen molar-refractivity contribution >= 4 is 13.2 Å². The van der Waals surface area contributed by atoms with E-state index in [1.807, 2.05) is 53.7 Å². The van der Waals surface area contributed by atoms with E-state index in [2.05, 4.69) is 16.4 Å². The summed E-state index contributed by atoms with van der Waals surface area (Å²) in [4.78, 5) is 0. The molecule has 0 atom stereocenters. The molecule has 1 aliphatic heterocycles. The second kappa shape index (κ2) is 6.07. The molecule has 2 aromatic rings. The molecule has 7 heteroatoms. The van der Waals surface area contributed by atoms with Crippen LogP contribution in [0.1, 0.15) is 44.5 Å². The van der Waals surface area contributed by atoms with Crippen molar-refractivity contribution in [1.29, 1.82) is 0 Å². The number of nitrogens with zero attached hydrogens (tertiary/aromatic N) is 3. The number of aryl methyl sites for hydroxylation is 2. The second-order valence-electron chi connectivity index (χ2n) is 7.55. The number of halogens is 1. The van der Waals surface area contributed by atoms with Gasteiger partial charge in [-0.3, -0.25) is 0 Å². The summed E-state index contributed by atoms with van der Waals surface area (Å²) in [6.45, 7) is 11.6. The molecule has 0 amide bonds. The summed E-state index contributed by atoms with van der Waals surface area (Å²) in [5.74, 6) is 0. The Hall–Kier alpha value is -1.99. The molecule has 3 rings (SSSR count). The highest BCUT2D eigenvalue weighted by molar-refractivity contribution is 6.54. The first kappa shape index (κ1) is 17.8. The SMILES string of the molecule is Cc1cc(C)cc(-n2cc(C=C(F)B3OC(C)(C)C(C)(C)O3)nn2)c1. The van der Waals surface area contributed by atoms with Gasteiger partial charge in [0, 0.05) is 0 Å². The molecule has 0 saturated carbocycles. The largest absolute Gasteiger partial charge is 0.525 e. The lowest BCUT2D eigenvalue weighted by Gasteiger charge is -2.32. The Labute approximate surface area is 148 Å². The summed E-state index contributed by atoms with van der Waals surface area (Å²) in [5.41, 5.74) is 1.87. The van der Waals surface area contributed by atoms with Crippen LogP contribution in [-0.2, 0) is 9.31 Å². The third-order valence-electron chi connectivity index (χ3n) is 4.75. The zero-order valence-corrected chi connectivity index (χ0v) is 15.5. The molecule has 0 N–H and O–H groups in total. The predicted octanol–water partition coefficient (Wildman–Crippen LogP) is 3.83. The van der Waals surface area contributed by atoms with Gasteiger partial charge >= 0.3 is 7.12 Å².